The van der Waals surface area contributed by atoms with Gasteiger partial charge in [-0.3, -0.25) is 4.79 Å². The average molecular weight is 336 g/mol. The van der Waals surface area contributed by atoms with Crippen molar-refractivity contribution in [2.75, 3.05) is 11.1 Å². The van der Waals surface area contributed by atoms with E-state index in [4.69, 9.17) is 16.9 Å². The predicted molar refractivity (Wildman–Crippen MR) is 86.0 cm³/mol. The first-order valence-electron chi connectivity index (χ1n) is 6.57. The zero-order chi connectivity index (χ0) is 16.1. The summed E-state index contributed by atoms with van der Waals surface area (Å²) in [7, 11) is 0. The zero-order valence-corrected chi connectivity index (χ0v) is 13.7. The van der Waals surface area contributed by atoms with Crippen molar-refractivity contribution in [3.05, 3.63) is 34.6 Å². The van der Waals surface area contributed by atoms with E-state index in [1.54, 1.807) is 18.2 Å². The van der Waals surface area contributed by atoms with Crippen LogP contribution >= 0.6 is 23.4 Å². The molecule has 0 saturated carbocycles. The van der Waals surface area contributed by atoms with Crippen molar-refractivity contribution in [3.8, 4) is 6.07 Å². The number of rotatable bonds is 5. The molecule has 0 unspecified atom stereocenters. The van der Waals surface area contributed by atoms with Crippen LogP contribution < -0.4 is 5.32 Å². The summed E-state index contributed by atoms with van der Waals surface area (Å²) in [6.45, 7) is 4.60. The number of amides is 1. The lowest BCUT2D eigenvalue weighted by atomic mass is 10.2. The van der Waals surface area contributed by atoms with Gasteiger partial charge in [0.2, 0.25) is 5.91 Å². The number of nitrogens with one attached hydrogen (secondary N) is 1. The first kappa shape index (κ1) is 16.3. The van der Waals surface area contributed by atoms with E-state index in [-0.39, 0.29) is 11.7 Å². The van der Waals surface area contributed by atoms with Gasteiger partial charge in [0, 0.05) is 11.6 Å². The van der Waals surface area contributed by atoms with Crippen molar-refractivity contribution in [2.24, 2.45) is 0 Å². The Hall–Kier alpha value is -2.04. The van der Waals surface area contributed by atoms with E-state index in [1.165, 1.54) is 11.8 Å². The standard InChI is InChI=1S/C14H14ClN5OS/c1-3-20-9(2)18-19-14(20)22-8-13(21)17-12-6-11(15)5-4-10(12)7-16/h4-6H,3,8H2,1-2H3,(H,17,21). The third kappa shape index (κ3) is 3.78. The minimum absolute atomic E-state index is 0.176. The van der Waals surface area contributed by atoms with Crippen molar-refractivity contribution in [3.63, 3.8) is 0 Å². The summed E-state index contributed by atoms with van der Waals surface area (Å²) in [6.07, 6.45) is 0. The fraction of sp³-hybridized carbons (Fsp3) is 0.286. The van der Waals surface area contributed by atoms with E-state index in [0.29, 0.717) is 21.4 Å². The van der Waals surface area contributed by atoms with Crippen LogP contribution in [0.2, 0.25) is 5.02 Å². The number of nitrogens with zero attached hydrogens (tertiary/aromatic N) is 4. The Morgan fingerprint density at radius 2 is 2.27 bits per heavy atom. The Labute approximate surface area is 137 Å². The number of thioether (sulfide) groups is 1. The zero-order valence-electron chi connectivity index (χ0n) is 12.1. The smallest absolute Gasteiger partial charge is 0.234 e. The third-order valence-electron chi connectivity index (χ3n) is 2.93. The molecule has 0 aliphatic rings. The highest BCUT2D eigenvalue weighted by atomic mass is 35.5. The van der Waals surface area contributed by atoms with Crippen LogP contribution in [-0.2, 0) is 11.3 Å². The molecular formula is C14H14ClN5OS. The SMILES string of the molecule is CCn1c(C)nnc1SCC(=O)Nc1cc(Cl)ccc1C#N. The fourth-order valence-electron chi connectivity index (χ4n) is 1.87. The second-order valence-electron chi connectivity index (χ2n) is 4.41. The molecule has 6 nitrogen and oxygen atoms in total. The highest BCUT2D eigenvalue weighted by Gasteiger charge is 2.12. The molecule has 22 heavy (non-hydrogen) atoms. The van der Waals surface area contributed by atoms with Crippen molar-refractivity contribution in [1.29, 1.82) is 5.26 Å². The maximum atomic E-state index is 12.0. The molecular weight excluding hydrogens is 322 g/mol. The van der Waals surface area contributed by atoms with Gasteiger partial charge in [-0.2, -0.15) is 5.26 Å². The highest BCUT2D eigenvalue weighted by molar-refractivity contribution is 7.99. The third-order valence-corrected chi connectivity index (χ3v) is 4.13. The number of carbonyl (C=O) groups excluding carboxylic acids is 1. The Morgan fingerprint density at radius 3 is 2.95 bits per heavy atom. The average Bonchev–Trinajstić information content (AvgIpc) is 2.85. The lowest BCUT2D eigenvalue weighted by Gasteiger charge is -2.08. The first-order valence-corrected chi connectivity index (χ1v) is 7.93. The number of aromatic nitrogens is 3. The quantitative estimate of drug-likeness (QED) is 0.849. The van der Waals surface area contributed by atoms with Crippen LogP contribution in [0.25, 0.3) is 0 Å². The molecule has 1 aromatic carbocycles. The second-order valence-corrected chi connectivity index (χ2v) is 5.79. The summed E-state index contributed by atoms with van der Waals surface area (Å²) in [6, 6.07) is 6.75. The number of benzene rings is 1. The molecule has 0 bridgehead atoms. The van der Waals surface area contributed by atoms with E-state index in [9.17, 15) is 4.79 Å². The van der Waals surface area contributed by atoms with E-state index in [1.807, 2.05) is 24.5 Å². The van der Waals surface area contributed by atoms with Gasteiger partial charge in [-0.15, -0.1) is 10.2 Å². The molecule has 1 N–H and O–H groups in total. The second kappa shape index (κ2) is 7.29. The summed E-state index contributed by atoms with van der Waals surface area (Å²) >= 11 is 7.18. The van der Waals surface area contributed by atoms with Gasteiger partial charge in [0.15, 0.2) is 5.16 Å². The number of carbonyl (C=O) groups is 1. The number of aryl methyl sites for hydroxylation is 1. The van der Waals surface area contributed by atoms with Gasteiger partial charge in [-0.1, -0.05) is 23.4 Å². The van der Waals surface area contributed by atoms with Crippen molar-refractivity contribution in [1.82, 2.24) is 14.8 Å². The molecule has 8 heteroatoms. The van der Waals surface area contributed by atoms with E-state index in [2.05, 4.69) is 15.5 Å². The Morgan fingerprint density at radius 1 is 1.50 bits per heavy atom. The number of anilines is 1. The molecule has 0 atom stereocenters. The number of nitriles is 1. The minimum Gasteiger partial charge on any atom is -0.324 e. The van der Waals surface area contributed by atoms with Crippen LogP contribution in [0.3, 0.4) is 0 Å². The van der Waals surface area contributed by atoms with Crippen LogP contribution in [0.5, 0.6) is 0 Å². The monoisotopic (exact) mass is 335 g/mol. The minimum atomic E-state index is -0.230. The molecule has 0 radical (unpaired) electrons. The molecule has 0 aliphatic carbocycles. The molecule has 0 fully saturated rings. The van der Waals surface area contributed by atoms with Crippen LogP contribution in [0.4, 0.5) is 5.69 Å². The molecule has 1 heterocycles. The van der Waals surface area contributed by atoms with E-state index >= 15 is 0 Å². The topological polar surface area (TPSA) is 83.6 Å². The lowest BCUT2D eigenvalue weighted by Crippen LogP contribution is -2.15. The van der Waals surface area contributed by atoms with Gasteiger partial charge >= 0.3 is 0 Å². The molecule has 2 rings (SSSR count). The molecule has 0 aliphatic heterocycles. The van der Waals surface area contributed by atoms with Gasteiger partial charge in [0.05, 0.1) is 17.0 Å². The van der Waals surface area contributed by atoms with Crippen LogP contribution in [0, 0.1) is 18.3 Å². The van der Waals surface area contributed by atoms with Crippen LogP contribution in [0.1, 0.15) is 18.3 Å². The van der Waals surface area contributed by atoms with Crippen LogP contribution in [-0.4, -0.2) is 26.4 Å². The molecule has 0 saturated heterocycles. The van der Waals surface area contributed by atoms with Crippen LogP contribution in [0.15, 0.2) is 23.4 Å². The van der Waals surface area contributed by atoms with E-state index < -0.39 is 0 Å². The van der Waals surface area contributed by atoms with Gasteiger partial charge in [-0.05, 0) is 32.0 Å². The summed E-state index contributed by atoms with van der Waals surface area (Å²) in [5.74, 6) is 0.759. The van der Waals surface area contributed by atoms with Crippen molar-refractivity contribution in [2.45, 2.75) is 25.5 Å². The van der Waals surface area contributed by atoms with Gasteiger partial charge < -0.3 is 9.88 Å². The predicted octanol–water partition coefficient (Wildman–Crippen LogP) is 2.86. The largest absolute Gasteiger partial charge is 0.324 e. The number of hydrogen-bond donors (Lipinski definition) is 1. The first-order chi connectivity index (χ1) is 10.5. The summed E-state index contributed by atoms with van der Waals surface area (Å²) in [5.41, 5.74) is 0.782. The molecule has 114 valence electrons. The van der Waals surface area contributed by atoms with Gasteiger partial charge in [0.25, 0.3) is 0 Å². The maximum Gasteiger partial charge on any atom is 0.234 e. The van der Waals surface area contributed by atoms with E-state index in [0.717, 1.165) is 12.4 Å². The number of halogens is 1. The Bertz CT molecular complexity index is 737. The van der Waals surface area contributed by atoms with Crippen molar-refractivity contribution >= 4 is 35.0 Å². The fourth-order valence-corrected chi connectivity index (χ4v) is 2.89. The molecule has 0 spiro atoms. The van der Waals surface area contributed by atoms with Gasteiger partial charge in [0.1, 0.15) is 11.9 Å². The maximum absolute atomic E-state index is 12.0. The highest BCUT2D eigenvalue weighted by Crippen LogP contribution is 2.22. The Balaban J connectivity index is 2.02. The molecule has 1 amide bonds. The Kier molecular flexibility index (Phi) is 5.41. The summed E-state index contributed by atoms with van der Waals surface area (Å²) in [4.78, 5) is 12.0. The van der Waals surface area contributed by atoms with Gasteiger partial charge in [-0.25, -0.2) is 0 Å². The number of hydrogen-bond acceptors (Lipinski definition) is 5. The normalized spacial score (nSPS) is 10.3. The summed E-state index contributed by atoms with van der Waals surface area (Å²) in [5, 5.41) is 20.9. The molecule has 1 aromatic heterocycles. The van der Waals surface area contributed by atoms with Crippen molar-refractivity contribution < 1.29 is 4.79 Å². The lowest BCUT2D eigenvalue weighted by molar-refractivity contribution is -0.113. The summed E-state index contributed by atoms with van der Waals surface area (Å²) < 4.78 is 1.93. The molecule has 2 aromatic rings.